The van der Waals surface area contributed by atoms with Gasteiger partial charge in [-0.1, -0.05) is 19.1 Å². The zero-order chi connectivity index (χ0) is 25.7. The smallest absolute Gasteiger partial charge is 0.271 e. The summed E-state index contributed by atoms with van der Waals surface area (Å²) in [5.74, 6) is -0.0545. The molecule has 2 bridgehead atoms. The number of fused-ring (bicyclic) bond motifs is 2. The molecule has 4 fully saturated rings. The Kier molecular flexibility index (Phi) is 6.01. The molecule has 2 aliphatic carbocycles. The lowest BCUT2D eigenvalue weighted by atomic mass is 9.61. The quantitative estimate of drug-likeness (QED) is 0.522. The molecule has 1 aromatic carbocycles. The average molecular weight is 492 g/mol. The van der Waals surface area contributed by atoms with Gasteiger partial charge in [0.1, 0.15) is 22.8 Å². The van der Waals surface area contributed by atoms with Gasteiger partial charge in [-0.25, -0.2) is 0 Å². The second-order valence-corrected chi connectivity index (χ2v) is 10.6. The van der Waals surface area contributed by atoms with Crippen LogP contribution < -0.4 is 10.1 Å². The normalized spacial score (nSPS) is 27.6. The van der Waals surface area contributed by atoms with Gasteiger partial charge in [-0.05, 0) is 50.3 Å². The highest BCUT2D eigenvalue weighted by Crippen LogP contribution is 2.60. The maximum Gasteiger partial charge on any atom is 0.271 e. The van der Waals surface area contributed by atoms with E-state index >= 15 is 0 Å². The minimum absolute atomic E-state index is 0.0904. The molecule has 2 N–H and O–H groups in total. The molecule has 4 aliphatic rings. The Morgan fingerprint density at radius 3 is 2.75 bits per heavy atom. The molecule has 2 atom stereocenters. The topological polar surface area (TPSA) is 109 Å². The first-order chi connectivity index (χ1) is 17.3. The number of methoxy groups -OCH3 is 1. The van der Waals surface area contributed by atoms with Crippen LogP contribution in [0.15, 0.2) is 36.9 Å². The molecule has 0 spiro atoms. The molecular formula is C28H33N3O5. The number of Topliss-reactive ketones (excluding diaryl/α,β-unsaturated/α-hetero) is 2. The van der Waals surface area contributed by atoms with Gasteiger partial charge in [0.05, 0.1) is 13.2 Å². The van der Waals surface area contributed by atoms with E-state index in [0.29, 0.717) is 43.7 Å². The van der Waals surface area contributed by atoms with Gasteiger partial charge < -0.3 is 19.9 Å². The van der Waals surface area contributed by atoms with Crippen LogP contribution >= 0.6 is 0 Å². The molecule has 1 aromatic heterocycles. The van der Waals surface area contributed by atoms with Crippen LogP contribution in [0.1, 0.15) is 62.4 Å². The van der Waals surface area contributed by atoms with E-state index in [2.05, 4.69) is 16.9 Å². The summed E-state index contributed by atoms with van der Waals surface area (Å²) in [6, 6.07) is 6.59. The summed E-state index contributed by atoms with van der Waals surface area (Å²) >= 11 is 0. The van der Waals surface area contributed by atoms with Crippen LogP contribution in [-0.2, 0) is 14.4 Å². The Labute approximate surface area is 210 Å². The fraction of sp³-hybridized carbons (Fsp3) is 0.500. The van der Waals surface area contributed by atoms with E-state index in [1.54, 1.807) is 25.0 Å². The van der Waals surface area contributed by atoms with Crippen LogP contribution in [0.4, 0.5) is 0 Å². The van der Waals surface area contributed by atoms with Crippen LogP contribution in [-0.4, -0.2) is 58.5 Å². The van der Waals surface area contributed by atoms with Crippen molar-refractivity contribution >= 4 is 34.3 Å². The number of benzene rings is 1. The standard InChI is InChI=1S/C28H33N3O5/c1-4-22(32)20(12-17-8-6-10-23(17)33)30-26(35)28-14-27(5-2,15-28)16-31(28)25(34)21-13-18-19(29-21)9-7-11-24(18)36-3/h5,7,9,11,13,17,20,29H,2,4,6,8,10,12,14-16H2,1,3H3,(H,30,35)/t17-,20-,27?,28?/m0/s1. The fourth-order valence-corrected chi connectivity index (χ4v) is 6.44. The summed E-state index contributed by atoms with van der Waals surface area (Å²) in [7, 11) is 1.58. The molecule has 0 radical (unpaired) electrons. The number of ether oxygens (including phenoxy) is 1. The number of nitrogens with zero attached hydrogens (tertiary/aromatic N) is 1. The summed E-state index contributed by atoms with van der Waals surface area (Å²) in [5, 5.41) is 3.75. The fourth-order valence-electron chi connectivity index (χ4n) is 6.44. The summed E-state index contributed by atoms with van der Waals surface area (Å²) in [6.45, 7) is 6.11. The van der Waals surface area contributed by atoms with Crippen molar-refractivity contribution in [2.24, 2.45) is 11.3 Å². The molecule has 0 unspecified atom stereocenters. The molecule has 8 nitrogen and oxygen atoms in total. The minimum Gasteiger partial charge on any atom is -0.496 e. The molecule has 3 heterocycles. The predicted octanol–water partition coefficient (Wildman–Crippen LogP) is 3.56. The number of hydrogen-bond acceptors (Lipinski definition) is 5. The maximum absolute atomic E-state index is 13.8. The zero-order valence-electron chi connectivity index (χ0n) is 20.9. The number of nitrogens with one attached hydrogen (secondary N) is 2. The number of carbonyl (C=O) groups is 4. The number of H-pyrrole nitrogens is 1. The highest BCUT2D eigenvalue weighted by Gasteiger charge is 2.69. The molecule has 2 amide bonds. The Bertz CT molecular complexity index is 1260. The lowest BCUT2D eigenvalue weighted by Gasteiger charge is -2.45. The number of carbonyl (C=O) groups excluding carboxylic acids is 4. The first-order valence-electron chi connectivity index (χ1n) is 12.7. The largest absolute Gasteiger partial charge is 0.496 e. The zero-order valence-corrected chi connectivity index (χ0v) is 20.9. The van der Waals surface area contributed by atoms with Crippen LogP contribution in [0, 0.1) is 11.3 Å². The molecule has 36 heavy (non-hydrogen) atoms. The molecule has 2 saturated heterocycles. The Hall–Kier alpha value is -3.42. The van der Waals surface area contributed by atoms with Crippen molar-refractivity contribution in [2.75, 3.05) is 13.7 Å². The summed E-state index contributed by atoms with van der Waals surface area (Å²) < 4.78 is 5.43. The predicted molar refractivity (Wildman–Crippen MR) is 135 cm³/mol. The molecule has 2 aromatic rings. The van der Waals surface area contributed by atoms with Gasteiger partial charge in [-0.15, -0.1) is 6.58 Å². The van der Waals surface area contributed by atoms with Gasteiger partial charge >= 0.3 is 0 Å². The number of aromatic nitrogens is 1. The second kappa shape index (κ2) is 8.91. The third-order valence-corrected chi connectivity index (χ3v) is 8.45. The molecule has 2 saturated carbocycles. The number of amides is 2. The van der Waals surface area contributed by atoms with Crippen LogP contribution in [0.2, 0.25) is 0 Å². The van der Waals surface area contributed by atoms with Gasteiger partial charge in [-0.3, -0.25) is 19.2 Å². The number of ketones is 2. The van der Waals surface area contributed by atoms with Gasteiger partial charge in [0.25, 0.3) is 5.91 Å². The van der Waals surface area contributed by atoms with E-state index in [9.17, 15) is 19.2 Å². The Morgan fingerprint density at radius 2 is 2.11 bits per heavy atom. The second-order valence-electron chi connectivity index (χ2n) is 10.6. The molecule has 6 rings (SSSR count). The third-order valence-electron chi connectivity index (χ3n) is 8.45. The average Bonchev–Trinajstić information content (AvgIpc) is 3.63. The van der Waals surface area contributed by atoms with E-state index in [4.69, 9.17) is 4.74 Å². The number of aromatic amines is 1. The van der Waals surface area contributed by atoms with Crippen LogP contribution in [0.25, 0.3) is 10.9 Å². The van der Waals surface area contributed by atoms with Crippen molar-refractivity contribution in [2.45, 2.75) is 63.5 Å². The highest BCUT2D eigenvalue weighted by atomic mass is 16.5. The lowest BCUT2D eigenvalue weighted by Crippen LogP contribution is -2.62. The van der Waals surface area contributed by atoms with Gasteiger partial charge in [0, 0.05) is 41.6 Å². The van der Waals surface area contributed by atoms with Gasteiger partial charge in [-0.2, -0.15) is 0 Å². The van der Waals surface area contributed by atoms with Crippen LogP contribution in [0.5, 0.6) is 5.75 Å². The van der Waals surface area contributed by atoms with E-state index in [1.807, 2.05) is 24.3 Å². The molecule has 2 aliphatic heterocycles. The van der Waals surface area contributed by atoms with Crippen molar-refractivity contribution in [3.05, 3.63) is 42.6 Å². The number of hydrogen-bond donors (Lipinski definition) is 2. The highest BCUT2D eigenvalue weighted by molar-refractivity contribution is 6.04. The molecule has 8 heteroatoms. The van der Waals surface area contributed by atoms with E-state index in [1.165, 1.54) is 0 Å². The maximum atomic E-state index is 13.8. The summed E-state index contributed by atoms with van der Waals surface area (Å²) in [4.78, 5) is 57.3. The van der Waals surface area contributed by atoms with E-state index in [-0.39, 0.29) is 41.1 Å². The van der Waals surface area contributed by atoms with Gasteiger partial charge in [0.15, 0.2) is 5.78 Å². The van der Waals surface area contributed by atoms with E-state index < -0.39 is 11.6 Å². The summed E-state index contributed by atoms with van der Waals surface area (Å²) in [6.07, 6.45) is 5.50. The van der Waals surface area contributed by atoms with Crippen molar-refractivity contribution in [3.63, 3.8) is 0 Å². The molecule has 190 valence electrons. The Morgan fingerprint density at radius 1 is 1.33 bits per heavy atom. The van der Waals surface area contributed by atoms with E-state index in [0.717, 1.165) is 23.7 Å². The first-order valence-corrected chi connectivity index (χ1v) is 12.7. The first kappa shape index (κ1) is 24.3. The minimum atomic E-state index is -1.04. The lowest BCUT2D eigenvalue weighted by molar-refractivity contribution is -0.138. The SMILES string of the molecule is C=CC12CN(C(=O)c3cc4c(OC)cccc4[nH]3)C(C(=O)N[C@@H](C[C@@H]3CCCC3=O)C(=O)CC)(C1)C2. The van der Waals surface area contributed by atoms with Gasteiger partial charge in [0.2, 0.25) is 5.91 Å². The number of rotatable bonds is 9. The van der Waals surface area contributed by atoms with Crippen molar-refractivity contribution in [3.8, 4) is 5.75 Å². The van der Waals surface area contributed by atoms with Crippen molar-refractivity contribution < 1.29 is 23.9 Å². The monoisotopic (exact) mass is 491 g/mol. The van der Waals surface area contributed by atoms with Crippen molar-refractivity contribution in [1.82, 2.24) is 15.2 Å². The molecular weight excluding hydrogens is 458 g/mol. The Balaban J connectivity index is 1.41. The summed E-state index contributed by atoms with van der Waals surface area (Å²) in [5.41, 5.74) is -0.205. The van der Waals surface area contributed by atoms with Crippen molar-refractivity contribution in [1.29, 1.82) is 0 Å². The van der Waals surface area contributed by atoms with Crippen LogP contribution in [0.3, 0.4) is 0 Å². The third kappa shape index (κ3) is 3.74.